The van der Waals surface area contributed by atoms with Crippen LogP contribution in [-0.4, -0.2) is 18.0 Å². The standard InChI is InChI=1S/C18H18N2O4S/c1-2-13(24-18(22)14-7-5-9-23-14)16(21)20-17-12(10-19)11-6-3-4-8-15(11)25-17/h5,7,9,13H,2-4,6,8H2,1H3,(H,20,21). The van der Waals surface area contributed by atoms with Gasteiger partial charge in [0.2, 0.25) is 5.76 Å². The van der Waals surface area contributed by atoms with E-state index in [1.807, 2.05) is 0 Å². The highest BCUT2D eigenvalue weighted by Gasteiger charge is 2.27. The summed E-state index contributed by atoms with van der Waals surface area (Å²) in [6.45, 7) is 1.75. The molecule has 1 aliphatic carbocycles. The van der Waals surface area contributed by atoms with Gasteiger partial charge in [-0.25, -0.2) is 4.79 Å². The highest BCUT2D eigenvalue weighted by Crippen LogP contribution is 2.37. The molecule has 1 amide bonds. The number of furan rings is 1. The van der Waals surface area contributed by atoms with Crippen molar-refractivity contribution in [2.75, 3.05) is 5.32 Å². The minimum Gasteiger partial charge on any atom is -0.457 e. The van der Waals surface area contributed by atoms with E-state index in [2.05, 4.69) is 11.4 Å². The highest BCUT2D eigenvalue weighted by atomic mass is 32.1. The Labute approximate surface area is 149 Å². The smallest absolute Gasteiger partial charge is 0.374 e. The Bertz CT molecular complexity index is 817. The predicted octanol–water partition coefficient (Wildman–Crippen LogP) is 3.67. The van der Waals surface area contributed by atoms with Gasteiger partial charge in [-0.3, -0.25) is 4.79 Å². The van der Waals surface area contributed by atoms with E-state index >= 15 is 0 Å². The molecule has 25 heavy (non-hydrogen) atoms. The Hall–Kier alpha value is -2.59. The van der Waals surface area contributed by atoms with E-state index in [-0.39, 0.29) is 5.76 Å². The van der Waals surface area contributed by atoms with Crippen LogP contribution in [0.25, 0.3) is 0 Å². The minimum absolute atomic E-state index is 0.0514. The molecule has 1 atom stereocenters. The summed E-state index contributed by atoms with van der Waals surface area (Å²) in [5.41, 5.74) is 1.59. The minimum atomic E-state index is -0.941. The molecule has 1 unspecified atom stereocenters. The van der Waals surface area contributed by atoms with Crippen molar-refractivity contribution in [3.63, 3.8) is 0 Å². The maximum Gasteiger partial charge on any atom is 0.374 e. The number of ether oxygens (including phenoxy) is 1. The number of esters is 1. The van der Waals surface area contributed by atoms with Gasteiger partial charge in [0.05, 0.1) is 11.8 Å². The summed E-state index contributed by atoms with van der Waals surface area (Å²) in [4.78, 5) is 25.6. The normalized spacial score (nSPS) is 14.2. The first-order chi connectivity index (χ1) is 12.1. The van der Waals surface area contributed by atoms with Crippen molar-refractivity contribution in [1.29, 1.82) is 5.26 Å². The molecule has 7 heteroatoms. The van der Waals surface area contributed by atoms with Crippen molar-refractivity contribution in [2.45, 2.75) is 45.1 Å². The van der Waals surface area contributed by atoms with Crippen LogP contribution >= 0.6 is 11.3 Å². The van der Waals surface area contributed by atoms with Crippen LogP contribution < -0.4 is 5.32 Å². The van der Waals surface area contributed by atoms with E-state index < -0.39 is 18.0 Å². The molecule has 0 radical (unpaired) electrons. The van der Waals surface area contributed by atoms with Crippen LogP contribution in [0.4, 0.5) is 5.00 Å². The van der Waals surface area contributed by atoms with Gasteiger partial charge in [-0.1, -0.05) is 6.92 Å². The number of thiophene rings is 1. The van der Waals surface area contributed by atoms with E-state index in [0.29, 0.717) is 17.0 Å². The highest BCUT2D eigenvalue weighted by molar-refractivity contribution is 7.16. The van der Waals surface area contributed by atoms with Crippen LogP contribution in [0.15, 0.2) is 22.8 Å². The molecular weight excluding hydrogens is 340 g/mol. The molecule has 2 heterocycles. The summed E-state index contributed by atoms with van der Waals surface area (Å²) in [6, 6.07) is 5.26. The van der Waals surface area contributed by atoms with E-state index in [9.17, 15) is 14.9 Å². The molecule has 0 bridgehead atoms. The molecule has 2 aromatic heterocycles. The molecule has 0 saturated carbocycles. The van der Waals surface area contributed by atoms with Crippen LogP contribution in [0, 0.1) is 11.3 Å². The van der Waals surface area contributed by atoms with Gasteiger partial charge in [0.15, 0.2) is 6.10 Å². The number of anilines is 1. The molecule has 3 rings (SSSR count). The number of rotatable bonds is 5. The number of fused-ring (bicyclic) bond motifs is 1. The number of nitriles is 1. The molecule has 0 aliphatic heterocycles. The monoisotopic (exact) mass is 358 g/mol. The topological polar surface area (TPSA) is 92.3 Å². The number of carbonyl (C=O) groups is 2. The molecular formula is C18H18N2O4S. The SMILES string of the molecule is CCC(OC(=O)c1ccco1)C(=O)Nc1sc2c(c1C#N)CCCC2. The molecule has 130 valence electrons. The molecule has 1 aliphatic rings. The van der Waals surface area contributed by atoms with Crippen LogP contribution in [0.1, 0.15) is 52.7 Å². The van der Waals surface area contributed by atoms with Crippen molar-refractivity contribution in [3.05, 3.63) is 40.2 Å². The molecule has 0 aromatic carbocycles. The second-order valence-electron chi connectivity index (χ2n) is 5.80. The summed E-state index contributed by atoms with van der Waals surface area (Å²) in [5.74, 6) is -1.06. The molecule has 2 aromatic rings. The Balaban J connectivity index is 1.73. The molecule has 0 saturated heterocycles. The number of amides is 1. The third kappa shape index (κ3) is 3.59. The molecule has 1 N–H and O–H groups in total. The third-order valence-electron chi connectivity index (χ3n) is 4.15. The van der Waals surface area contributed by atoms with Gasteiger partial charge in [-0.15, -0.1) is 11.3 Å². The first-order valence-corrected chi connectivity index (χ1v) is 9.05. The fourth-order valence-corrected chi connectivity index (χ4v) is 4.11. The average Bonchev–Trinajstić information content (AvgIpc) is 3.26. The molecule has 6 nitrogen and oxygen atoms in total. The Morgan fingerprint density at radius 2 is 2.24 bits per heavy atom. The number of nitrogens with zero attached hydrogens (tertiary/aromatic N) is 1. The van der Waals surface area contributed by atoms with Gasteiger partial charge in [0.1, 0.15) is 11.1 Å². The zero-order chi connectivity index (χ0) is 17.8. The van der Waals surface area contributed by atoms with E-state index in [1.54, 1.807) is 13.0 Å². The van der Waals surface area contributed by atoms with Crippen molar-refractivity contribution >= 4 is 28.2 Å². The molecule has 0 spiro atoms. The van der Waals surface area contributed by atoms with Gasteiger partial charge in [0, 0.05) is 4.88 Å². The van der Waals surface area contributed by atoms with Crippen molar-refractivity contribution in [2.24, 2.45) is 0 Å². The van der Waals surface area contributed by atoms with Crippen molar-refractivity contribution in [3.8, 4) is 6.07 Å². The van der Waals surface area contributed by atoms with Gasteiger partial charge in [-0.2, -0.15) is 5.26 Å². The largest absolute Gasteiger partial charge is 0.457 e. The van der Waals surface area contributed by atoms with Gasteiger partial charge in [0.25, 0.3) is 5.91 Å². The molecule has 0 fully saturated rings. The lowest BCUT2D eigenvalue weighted by molar-refractivity contribution is -0.124. The van der Waals surface area contributed by atoms with Gasteiger partial charge < -0.3 is 14.5 Å². The number of hydrogen-bond acceptors (Lipinski definition) is 6. The van der Waals surface area contributed by atoms with Gasteiger partial charge >= 0.3 is 5.97 Å². The second-order valence-corrected chi connectivity index (χ2v) is 6.90. The zero-order valence-corrected chi connectivity index (χ0v) is 14.6. The predicted molar refractivity (Wildman–Crippen MR) is 92.5 cm³/mol. The van der Waals surface area contributed by atoms with Crippen LogP contribution in [0.3, 0.4) is 0 Å². The summed E-state index contributed by atoms with van der Waals surface area (Å²) >= 11 is 1.45. The Morgan fingerprint density at radius 3 is 2.92 bits per heavy atom. The lowest BCUT2D eigenvalue weighted by Gasteiger charge is -2.14. The maximum atomic E-state index is 12.5. The van der Waals surface area contributed by atoms with Crippen molar-refractivity contribution in [1.82, 2.24) is 0 Å². The second kappa shape index (κ2) is 7.53. The fraction of sp³-hybridized carbons (Fsp3) is 0.389. The lowest BCUT2D eigenvalue weighted by Crippen LogP contribution is -2.32. The van der Waals surface area contributed by atoms with Crippen LogP contribution in [0.5, 0.6) is 0 Å². The third-order valence-corrected chi connectivity index (χ3v) is 5.36. The quantitative estimate of drug-likeness (QED) is 0.823. The van der Waals surface area contributed by atoms with Crippen LogP contribution in [-0.2, 0) is 22.4 Å². The summed E-state index contributed by atoms with van der Waals surface area (Å²) in [6.07, 6.45) is 4.72. The van der Waals surface area contributed by atoms with E-state index in [4.69, 9.17) is 9.15 Å². The zero-order valence-electron chi connectivity index (χ0n) is 13.8. The van der Waals surface area contributed by atoms with E-state index in [0.717, 1.165) is 31.2 Å². The van der Waals surface area contributed by atoms with E-state index in [1.165, 1.54) is 28.5 Å². The lowest BCUT2D eigenvalue weighted by atomic mass is 9.96. The number of hydrogen-bond donors (Lipinski definition) is 1. The average molecular weight is 358 g/mol. The number of carbonyl (C=O) groups excluding carboxylic acids is 2. The number of aryl methyl sites for hydroxylation is 1. The summed E-state index contributed by atoms with van der Waals surface area (Å²) in [7, 11) is 0. The van der Waals surface area contributed by atoms with Crippen LogP contribution in [0.2, 0.25) is 0 Å². The Kier molecular flexibility index (Phi) is 5.19. The first-order valence-electron chi connectivity index (χ1n) is 8.24. The Morgan fingerprint density at radius 1 is 1.44 bits per heavy atom. The summed E-state index contributed by atoms with van der Waals surface area (Å²) < 4.78 is 10.2. The first kappa shape index (κ1) is 17.2. The van der Waals surface area contributed by atoms with Crippen molar-refractivity contribution < 1.29 is 18.7 Å². The summed E-state index contributed by atoms with van der Waals surface area (Å²) in [5, 5.41) is 12.8. The number of nitrogens with one attached hydrogen (secondary N) is 1. The maximum absolute atomic E-state index is 12.5. The van der Waals surface area contributed by atoms with Gasteiger partial charge in [-0.05, 0) is 49.8 Å². The fourth-order valence-electron chi connectivity index (χ4n) is 2.87.